The number of hydrogen-bond donors (Lipinski definition) is 2. The van der Waals surface area contributed by atoms with E-state index in [-0.39, 0.29) is 11.5 Å². The molecule has 1 amide bonds. The predicted molar refractivity (Wildman–Crippen MR) is 99.6 cm³/mol. The molecule has 3 aromatic rings. The van der Waals surface area contributed by atoms with E-state index in [2.05, 4.69) is 15.5 Å². The first kappa shape index (κ1) is 17.3. The molecule has 7 nitrogen and oxygen atoms in total. The number of H-pyrrole nitrogens is 1. The van der Waals surface area contributed by atoms with Crippen molar-refractivity contribution >= 4 is 34.8 Å². The van der Waals surface area contributed by atoms with Crippen LogP contribution in [0.25, 0.3) is 16.7 Å². The Morgan fingerprint density at radius 1 is 1.40 bits per heavy atom. The summed E-state index contributed by atoms with van der Waals surface area (Å²) in [6.45, 7) is 7.21. The van der Waals surface area contributed by atoms with Gasteiger partial charge in [-0.3, -0.25) is 18.6 Å². The van der Waals surface area contributed by atoms with Crippen LogP contribution in [0.3, 0.4) is 0 Å². The molecule has 2 heterocycles. The largest absolute Gasteiger partial charge is 0.352 e. The van der Waals surface area contributed by atoms with Crippen LogP contribution in [0.1, 0.15) is 37.6 Å². The topological polar surface area (TPSA) is 84.2 Å². The summed E-state index contributed by atoms with van der Waals surface area (Å²) in [5.74, 6) is 0.653. The van der Waals surface area contributed by atoms with Crippen molar-refractivity contribution in [1.82, 2.24) is 24.5 Å². The smallest absolute Gasteiger partial charge is 0.262 e. The van der Waals surface area contributed by atoms with Crippen LogP contribution in [-0.2, 0) is 6.54 Å². The molecule has 3 rings (SSSR count). The van der Waals surface area contributed by atoms with Crippen LogP contribution < -0.4 is 10.9 Å². The molecule has 1 aromatic carbocycles. The SMILES string of the molecule is CCCn1c(=O)c2ccc(C(=O)NCC(C)C)cc2n2c(=S)[nH]nc12. The van der Waals surface area contributed by atoms with Gasteiger partial charge in [-0.05, 0) is 42.8 Å². The zero-order valence-electron chi connectivity index (χ0n) is 14.5. The van der Waals surface area contributed by atoms with Crippen molar-refractivity contribution < 1.29 is 4.79 Å². The molecule has 0 bridgehead atoms. The van der Waals surface area contributed by atoms with E-state index in [1.165, 1.54) is 0 Å². The van der Waals surface area contributed by atoms with Crippen LogP contribution in [0.2, 0.25) is 0 Å². The molecule has 2 aromatic heterocycles. The minimum Gasteiger partial charge on any atom is -0.352 e. The second-order valence-electron chi connectivity index (χ2n) is 6.46. The quantitative estimate of drug-likeness (QED) is 0.686. The summed E-state index contributed by atoms with van der Waals surface area (Å²) < 4.78 is 3.71. The normalized spacial score (nSPS) is 11.5. The fourth-order valence-corrected chi connectivity index (χ4v) is 3.01. The van der Waals surface area contributed by atoms with Crippen LogP contribution in [0, 0.1) is 10.7 Å². The van der Waals surface area contributed by atoms with Gasteiger partial charge in [0.2, 0.25) is 10.5 Å². The van der Waals surface area contributed by atoms with Gasteiger partial charge in [-0.15, -0.1) is 5.10 Å². The molecule has 2 N–H and O–H groups in total. The maximum atomic E-state index is 12.8. The van der Waals surface area contributed by atoms with Crippen molar-refractivity contribution in [3.05, 3.63) is 38.9 Å². The summed E-state index contributed by atoms with van der Waals surface area (Å²) in [6.07, 6.45) is 0.802. The van der Waals surface area contributed by atoms with Crippen molar-refractivity contribution in [2.24, 2.45) is 5.92 Å². The molecule has 0 radical (unpaired) electrons. The zero-order chi connectivity index (χ0) is 18.1. The van der Waals surface area contributed by atoms with Gasteiger partial charge < -0.3 is 5.32 Å². The maximum Gasteiger partial charge on any atom is 0.262 e. The van der Waals surface area contributed by atoms with E-state index in [1.807, 2.05) is 20.8 Å². The third-order valence-corrected chi connectivity index (χ3v) is 4.26. The molecule has 0 aliphatic carbocycles. The van der Waals surface area contributed by atoms with Crippen LogP contribution in [0.4, 0.5) is 0 Å². The van der Waals surface area contributed by atoms with E-state index in [1.54, 1.807) is 27.2 Å². The average Bonchev–Trinajstić information content (AvgIpc) is 2.97. The molecule has 0 unspecified atom stereocenters. The first-order valence-electron chi connectivity index (χ1n) is 8.36. The number of carbonyl (C=O) groups is 1. The summed E-state index contributed by atoms with van der Waals surface area (Å²) in [4.78, 5) is 25.2. The summed E-state index contributed by atoms with van der Waals surface area (Å²) in [6, 6.07) is 5.05. The Morgan fingerprint density at radius 3 is 2.84 bits per heavy atom. The molecule has 0 fully saturated rings. The molecule has 0 saturated carbocycles. The number of nitrogens with one attached hydrogen (secondary N) is 2. The van der Waals surface area contributed by atoms with Gasteiger partial charge in [0.05, 0.1) is 10.9 Å². The van der Waals surface area contributed by atoms with E-state index < -0.39 is 0 Å². The van der Waals surface area contributed by atoms with Crippen molar-refractivity contribution in [1.29, 1.82) is 0 Å². The Morgan fingerprint density at radius 2 is 2.16 bits per heavy atom. The number of aryl methyl sites for hydroxylation is 1. The first-order valence-corrected chi connectivity index (χ1v) is 8.76. The molecule has 0 atom stereocenters. The molecule has 0 aliphatic rings. The number of hydrogen-bond acceptors (Lipinski definition) is 4. The predicted octanol–water partition coefficient (Wildman–Crippen LogP) is 2.50. The molecule has 0 spiro atoms. The zero-order valence-corrected chi connectivity index (χ0v) is 15.3. The van der Waals surface area contributed by atoms with Crippen molar-refractivity contribution in [3.8, 4) is 0 Å². The van der Waals surface area contributed by atoms with Gasteiger partial charge in [0.25, 0.3) is 11.5 Å². The summed E-state index contributed by atoms with van der Waals surface area (Å²) in [5.41, 5.74) is 0.945. The van der Waals surface area contributed by atoms with Crippen LogP contribution in [-0.4, -0.2) is 31.6 Å². The average molecular weight is 359 g/mol. The number of benzene rings is 1. The molecule has 0 saturated heterocycles. The maximum absolute atomic E-state index is 12.8. The van der Waals surface area contributed by atoms with Crippen LogP contribution in [0.15, 0.2) is 23.0 Å². The van der Waals surface area contributed by atoms with E-state index in [4.69, 9.17) is 12.2 Å². The fourth-order valence-electron chi connectivity index (χ4n) is 2.79. The third-order valence-electron chi connectivity index (χ3n) is 3.99. The number of amides is 1. The third kappa shape index (κ3) is 3.09. The number of aromatic amines is 1. The molecule has 132 valence electrons. The Hall–Kier alpha value is -2.48. The van der Waals surface area contributed by atoms with Crippen LogP contribution in [0.5, 0.6) is 0 Å². The standard InChI is InChI=1S/C17H21N5O2S/c1-4-7-21-15(24)12-6-5-11(14(23)18-9-10(2)3)8-13(12)22-16(21)19-20-17(22)25/h5-6,8,10H,4,7,9H2,1-3H3,(H,18,23)(H,20,25). The van der Waals surface area contributed by atoms with Gasteiger partial charge in [0.1, 0.15) is 0 Å². The summed E-state index contributed by atoms with van der Waals surface area (Å²) >= 11 is 5.32. The van der Waals surface area contributed by atoms with E-state index in [0.29, 0.717) is 46.0 Å². The second kappa shape index (κ2) is 6.79. The number of aromatic nitrogens is 4. The lowest BCUT2D eigenvalue weighted by molar-refractivity contribution is 0.0949. The number of rotatable bonds is 5. The number of carbonyl (C=O) groups excluding carboxylic acids is 1. The molecule has 8 heteroatoms. The van der Waals surface area contributed by atoms with E-state index in [9.17, 15) is 9.59 Å². The highest BCUT2D eigenvalue weighted by Gasteiger charge is 2.15. The van der Waals surface area contributed by atoms with E-state index in [0.717, 1.165) is 6.42 Å². The Labute approximate surface area is 149 Å². The fraction of sp³-hybridized carbons (Fsp3) is 0.412. The summed E-state index contributed by atoms with van der Waals surface area (Å²) in [5, 5.41) is 10.3. The molecule has 25 heavy (non-hydrogen) atoms. The Kier molecular flexibility index (Phi) is 4.71. The summed E-state index contributed by atoms with van der Waals surface area (Å²) in [7, 11) is 0. The first-order chi connectivity index (χ1) is 11.9. The van der Waals surface area contributed by atoms with Crippen molar-refractivity contribution in [2.75, 3.05) is 6.54 Å². The number of nitrogens with zero attached hydrogens (tertiary/aromatic N) is 3. The lowest BCUT2D eigenvalue weighted by Gasteiger charge is -2.11. The highest BCUT2D eigenvalue weighted by Crippen LogP contribution is 2.16. The minimum absolute atomic E-state index is 0.132. The Balaban J connectivity index is 2.23. The van der Waals surface area contributed by atoms with Gasteiger partial charge in [-0.1, -0.05) is 20.8 Å². The highest BCUT2D eigenvalue weighted by atomic mass is 32.1. The molecule has 0 aliphatic heterocycles. The van der Waals surface area contributed by atoms with Gasteiger partial charge >= 0.3 is 0 Å². The molecular formula is C17H21N5O2S. The van der Waals surface area contributed by atoms with Gasteiger partial charge in [-0.25, -0.2) is 5.10 Å². The van der Waals surface area contributed by atoms with Gasteiger partial charge in [-0.2, -0.15) is 0 Å². The second-order valence-corrected chi connectivity index (χ2v) is 6.84. The van der Waals surface area contributed by atoms with Crippen molar-refractivity contribution in [3.63, 3.8) is 0 Å². The monoisotopic (exact) mass is 359 g/mol. The number of fused-ring (bicyclic) bond motifs is 3. The van der Waals surface area contributed by atoms with E-state index >= 15 is 0 Å². The van der Waals surface area contributed by atoms with Gasteiger partial charge in [0.15, 0.2) is 0 Å². The van der Waals surface area contributed by atoms with Gasteiger partial charge in [0, 0.05) is 18.7 Å². The minimum atomic E-state index is -0.170. The lowest BCUT2D eigenvalue weighted by atomic mass is 10.1. The lowest BCUT2D eigenvalue weighted by Crippen LogP contribution is -2.28. The van der Waals surface area contributed by atoms with Crippen LogP contribution >= 0.6 is 12.2 Å². The van der Waals surface area contributed by atoms with Crippen molar-refractivity contribution in [2.45, 2.75) is 33.7 Å². The highest BCUT2D eigenvalue weighted by molar-refractivity contribution is 7.71. The Bertz CT molecular complexity index is 1060. The molecular weight excluding hydrogens is 338 g/mol.